The van der Waals surface area contributed by atoms with Gasteiger partial charge < -0.3 is 19.5 Å². The summed E-state index contributed by atoms with van der Waals surface area (Å²) >= 11 is 1.01. The molecule has 2 aromatic rings. The number of benzene rings is 2. The summed E-state index contributed by atoms with van der Waals surface area (Å²) in [5.41, 5.74) is -0.750. The van der Waals surface area contributed by atoms with Crippen molar-refractivity contribution in [3.63, 3.8) is 0 Å². The number of hydrogen-bond donors (Lipinski definition) is 1. The Morgan fingerprint density at radius 3 is 2.56 bits per heavy atom. The molecule has 0 spiro atoms. The Hall–Kier alpha value is -3.98. The minimum Gasteiger partial charge on any atom is -0.493 e. The van der Waals surface area contributed by atoms with E-state index in [1.165, 1.54) is 44.6 Å². The van der Waals surface area contributed by atoms with Crippen molar-refractivity contribution in [1.82, 2.24) is 5.32 Å². The first kappa shape index (κ1) is 24.7. The average molecular weight is 491 g/mol. The number of nitrogens with zero attached hydrogens (tertiary/aromatic N) is 2. The number of alkyl halides is 3. The van der Waals surface area contributed by atoms with E-state index in [0.717, 1.165) is 17.8 Å². The number of nitrogens with one attached hydrogen (secondary N) is 1. The molecule has 2 aromatic carbocycles. The van der Waals surface area contributed by atoms with Crippen molar-refractivity contribution in [3.05, 3.63) is 58.0 Å². The molecule has 0 atom stereocenters. The van der Waals surface area contributed by atoms with Crippen molar-refractivity contribution in [2.75, 3.05) is 20.8 Å². The van der Waals surface area contributed by atoms with Crippen molar-refractivity contribution >= 4 is 34.9 Å². The summed E-state index contributed by atoms with van der Waals surface area (Å²) in [5, 5.41) is 11.6. The molecular weight excluding hydrogens is 475 g/mol. The molecule has 1 amide bonds. The van der Waals surface area contributed by atoms with Gasteiger partial charge in [0, 0.05) is 0 Å². The Morgan fingerprint density at radius 2 is 1.91 bits per heavy atom. The Morgan fingerprint density at radius 1 is 1.18 bits per heavy atom. The Kier molecular flexibility index (Phi) is 7.47. The second kappa shape index (κ2) is 10.3. The molecule has 0 aromatic heterocycles. The first-order valence-corrected chi connectivity index (χ1v) is 10.3. The van der Waals surface area contributed by atoms with Gasteiger partial charge in [0.2, 0.25) is 0 Å². The topological polar surface area (TPSA) is 110 Å². The normalized spacial score (nSPS) is 15.7. The molecule has 0 unspecified atom stereocenters. The zero-order chi connectivity index (χ0) is 24.9. The number of nitriles is 1. The third kappa shape index (κ3) is 5.87. The van der Waals surface area contributed by atoms with Crippen LogP contribution in [0.3, 0.4) is 0 Å². The first-order valence-electron chi connectivity index (χ1n) is 9.44. The summed E-state index contributed by atoms with van der Waals surface area (Å²) in [6.07, 6.45) is -3.21. The fourth-order valence-corrected chi connectivity index (χ4v) is 3.56. The lowest BCUT2D eigenvalue weighted by molar-refractivity contribution is -0.139. The van der Waals surface area contributed by atoms with Gasteiger partial charge in [0.15, 0.2) is 16.7 Å². The van der Waals surface area contributed by atoms with Gasteiger partial charge in [-0.3, -0.25) is 14.6 Å². The van der Waals surface area contributed by atoms with Crippen LogP contribution in [-0.2, 0) is 20.5 Å². The van der Waals surface area contributed by atoms with Crippen LogP contribution in [0.5, 0.6) is 17.2 Å². The lowest BCUT2D eigenvalue weighted by atomic mass is 10.1. The van der Waals surface area contributed by atoms with E-state index in [-0.39, 0.29) is 33.7 Å². The molecule has 1 heterocycles. The molecule has 0 saturated carbocycles. The van der Waals surface area contributed by atoms with Gasteiger partial charge in [0.05, 0.1) is 36.3 Å². The van der Waals surface area contributed by atoms with Crippen LogP contribution in [0.2, 0.25) is 0 Å². The van der Waals surface area contributed by atoms with Crippen LogP contribution in [0.25, 0.3) is 6.08 Å². The van der Waals surface area contributed by atoms with Crippen molar-refractivity contribution in [2.24, 2.45) is 4.99 Å². The number of halogens is 3. The molecule has 0 bridgehead atoms. The van der Waals surface area contributed by atoms with Gasteiger partial charge in [-0.1, -0.05) is 6.07 Å². The lowest BCUT2D eigenvalue weighted by Gasteiger charge is -2.16. The molecular formula is C22H16F3N3O5S. The Balaban J connectivity index is 1.86. The average Bonchev–Trinajstić information content (AvgIpc) is 3.16. The predicted molar refractivity (Wildman–Crippen MR) is 117 cm³/mol. The van der Waals surface area contributed by atoms with E-state index in [0.29, 0.717) is 11.6 Å². The largest absolute Gasteiger partial charge is 0.493 e. The highest BCUT2D eigenvalue weighted by Gasteiger charge is 2.35. The number of methoxy groups -OCH3 is 2. The minimum atomic E-state index is -4.74. The second-order valence-corrected chi connectivity index (χ2v) is 7.63. The fourth-order valence-electron chi connectivity index (χ4n) is 2.74. The molecule has 1 aliphatic rings. The standard InChI is InChI=1S/C22H16F3N3O5S/c1-31-17-8-12(9-18-20(30)28-21(34-18)27-11-19(29)32-2)3-6-16(17)33-15-5-4-13(10-26)7-14(15)22(23,24)25/h3-9H,11H2,1-2H3,(H,27,28,30). The Labute approximate surface area is 196 Å². The highest BCUT2D eigenvalue weighted by atomic mass is 32.2. The summed E-state index contributed by atoms with van der Waals surface area (Å²) in [6.45, 7) is -0.248. The molecule has 1 N–H and O–H groups in total. The van der Waals surface area contributed by atoms with E-state index in [1.807, 2.05) is 0 Å². The number of aliphatic imine (C=N–C) groups is 1. The van der Waals surface area contributed by atoms with Crippen molar-refractivity contribution in [1.29, 1.82) is 5.26 Å². The predicted octanol–water partition coefficient (Wildman–Crippen LogP) is 4.11. The number of amides is 1. The summed E-state index contributed by atoms with van der Waals surface area (Å²) in [7, 11) is 2.54. The van der Waals surface area contributed by atoms with Crippen molar-refractivity contribution in [3.8, 4) is 23.3 Å². The van der Waals surface area contributed by atoms with E-state index >= 15 is 0 Å². The number of ether oxygens (including phenoxy) is 3. The SMILES string of the molecule is COC(=O)CN=C1NC(=O)C(=Cc2ccc(Oc3ccc(C#N)cc3C(F)(F)F)c(OC)c2)S1. The van der Waals surface area contributed by atoms with E-state index in [4.69, 9.17) is 14.7 Å². The maximum Gasteiger partial charge on any atom is 0.420 e. The van der Waals surface area contributed by atoms with Gasteiger partial charge in [0.25, 0.3) is 5.91 Å². The summed E-state index contributed by atoms with van der Waals surface area (Å²) < 4.78 is 55.5. The minimum absolute atomic E-state index is 0.00344. The van der Waals surface area contributed by atoms with E-state index in [2.05, 4.69) is 15.0 Å². The molecule has 34 heavy (non-hydrogen) atoms. The number of thioether (sulfide) groups is 1. The smallest absolute Gasteiger partial charge is 0.420 e. The maximum absolute atomic E-state index is 13.4. The van der Waals surface area contributed by atoms with Gasteiger partial charge in [-0.25, -0.2) is 0 Å². The quantitative estimate of drug-likeness (QED) is 0.478. The molecule has 0 radical (unpaired) electrons. The number of rotatable bonds is 6. The Bertz CT molecular complexity index is 1240. The number of esters is 1. The van der Waals surface area contributed by atoms with Crippen LogP contribution < -0.4 is 14.8 Å². The monoisotopic (exact) mass is 491 g/mol. The second-order valence-electron chi connectivity index (χ2n) is 6.60. The van der Waals surface area contributed by atoms with Crippen LogP contribution in [-0.4, -0.2) is 37.8 Å². The molecule has 8 nitrogen and oxygen atoms in total. The van der Waals surface area contributed by atoms with Crippen LogP contribution in [0.1, 0.15) is 16.7 Å². The number of amidine groups is 1. The van der Waals surface area contributed by atoms with Crippen molar-refractivity contribution in [2.45, 2.75) is 6.18 Å². The lowest BCUT2D eigenvalue weighted by Crippen LogP contribution is -2.20. The summed E-state index contributed by atoms with van der Waals surface area (Å²) in [5.74, 6) is -1.36. The number of carbonyl (C=O) groups is 2. The highest BCUT2D eigenvalue weighted by Crippen LogP contribution is 2.41. The maximum atomic E-state index is 13.4. The number of hydrogen-bond acceptors (Lipinski definition) is 8. The molecule has 176 valence electrons. The first-order chi connectivity index (χ1) is 16.1. The number of carbonyl (C=O) groups excluding carboxylic acids is 2. The molecule has 1 aliphatic heterocycles. The van der Waals surface area contributed by atoms with Gasteiger partial charge >= 0.3 is 12.1 Å². The van der Waals surface area contributed by atoms with Crippen LogP contribution >= 0.6 is 11.8 Å². The molecule has 1 saturated heterocycles. The van der Waals surface area contributed by atoms with Gasteiger partial charge in [-0.15, -0.1) is 0 Å². The molecule has 12 heteroatoms. The zero-order valence-corrected chi connectivity index (χ0v) is 18.5. The van der Waals surface area contributed by atoms with Gasteiger partial charge in [-0.05, 0) is 53.7 Å². The third-order valence-corrected chi connectivity index (χ3v) is 5.30. The third-order valence-electron chi connectivity index (χ3n) is 4.35. The summed E-state index contributed by atoms with van der Waals surface area (Å²) in [4.78, 5) is 27.6. The van der Waals surface area contributed by atoms with Crippen LogP contribution in [0, 0.1) is 11.3 Å². The van der Waals surface area contributed by atoms with E-state index in [1.54, 1.807) is 6.07 Å². The summed E-state index contributed by atoms with van der Waals surface area (Å²) in [6, 6.07) is 9.05. The van der Waals surface area contributed by atoms with Gasteiger partial charge in [0.1, 0.15) is 12.3 Å². The van der Waals surface area contributed by atoms with Gasteiger partial charge in [-0.2, -0.15) is 18.4 Å². The zero-order valence-electron chi connectivity index (χ0n) is 17.7. The highest BCUT2D eigenvalue weighted by molar-refractivity contribution is 8.18. The molecule has 3 rings (SSSR count). The molecule has 1 fully saturated rings. The van der Waals surface area contributed by atoms with Crippen molar-refractivity contribution < 1.29 is 37.0 Å². The van der Waals surface area contributed by atoms with E-state index < -0.39 is 29.4 Å². The van der Waals surface area contributed by atoms with Crippen LogP contribution in [0.4, 0.5) is 13.2 Å². The molecule has 0 aliphatic carbocycles. The van der Waals surface area contributed by atoms with Crippen LogP contribution in [0.15, 0.2) is 46.3 Å². The fraction of sp³-hybridized carbons (Fsp3) is 0.182. The van der Waals surface area contributed by atoms with E-state index in [9.17, 15) is 22.8 Å².